The molecule has 118 valence electrons. The Bertz CT molecular complexity index is 552. The molecular weight excluding hydrogens is 280 g/mol. The van der Waals surface area contributed by atoms with Crippen LogP contribution in [0.1, 0.15) is 29.6 Å². The van der Waals surface area contributed by atoms with Crippen LogP contribution in [0.4, 0.5) is 5.82 Å². The first-order valence-corrected chi connectivity index (χ1v) is 7.86. The minimum Gasteiger partial charge on any atom is -0.370 e. The number of rotatable bonds is 4. The van der Waals surface area contributed by atoms with Gasteiger partial charge in [0.05, 0.1) is 5.56 Å². The fourth-order valence-corrected chi connectivity index (χ4v) is 3.07. The maximum absolute atomic E-state index is 12.2. The average Bonchev–Trinajstić information content (AvgIpc) is 3.16. The van der Waals surface area contributed by atoms with Crippen LogP contribution in [0.5, 0.6) is 0 Å². The van der Waals surface area contributed by atoms with Crippen LogP contribution in [-0.2, 0) is 4.79 Å². The Morgan fingerprint density at radius 1 is 1.36 bits per heavy atom. The van der Waals surface area contributed by atoms with Crippen molar-refractivity contribution in [1.29, 1.82) is 0 Å². The number of pyridine rings is 1. The fourth-order valence-electron chi connectivity index (χ4n) is 3.07. The summed E-state index contributed by atoms with van der Waals surface area (Å²) in [5, 5.41) is 3.25. The highest BCUT2D eigenvalue weighted by atomic mass is 16.2. The van der Waals surface area contributed by atoms with Gasteiger partial charge in [0.25, 0.3) is 5.91 Å². The van der Waals surface area contributed by atoms with Crippen molar-refractivity contribution in [3.63, 3.8) is 0 Å². The van der Waals surface area contributed by atoms with Gasteiger partial charge in [0, 0.05) is 51.8 Å². The summed E-state index contributed by atoms with van der Waals surface area (Å²) < 4.78 is 0. The first kappa shape index (κ1) is 14.8. The largest absolute Gasteiger partial charge is 0.370 e. The third kappa shape index (κ3) is 3.21. The van der Waals surface area contributed by atoms with Gasteiger partial charge in [-0.3, -0.25) is 9.59 Å². The number of hydrogen-bond donors (Lipinski definition) is 1. The number of carbonyl (C=O) groups excluding carboxylic acids is 2. The third-order valence-corrected chi connectivity index (χ3v) is 4.40. The van der Waals surface area contributed by atoms with Crippen LogP contribution < -0.4 is 5.32 Å². The van der Waals surface area contributed by atoms with Gasteiger partial charge in [-0.25, -0.2) is 4.98 Å². The van der Waals surface area contributed by atoms with E-state index in [0.29, 0.717) is 17.9 Å². The second-order valence-electron chi connectivity index (χ2n) is 6.16. The standard InChI is InChI=1S/C16H22N4O2/c1-19-11-12(8-15(19)21)9-17-14-5-4-13(10-18-14)16(22)20-6-2-3-7-20/h4-5,10,12H,2-3,6-9,11H2,1H3,(H,17,18). The van der Waals surface area contributed by atoms with E-state index >= 15 is 0 Å². The first-order chi connectivity index (χ1) is 10.6. The molecule has 6 heteroatoms. The Hall–Kier alpha value is -2.11. The molecule has 1 aromatic rings. The van der Waals surface area contributed by atoms with E-state index in [1.807, 2.05) is 24.1 Å². The van der Waals surface area contributed by atoms with Crippen LogP contribution in [0.25, 0.3) is 0 Å². The molecular formula is C16H22N4O2. The lowest BCUT2D eigenvalue weighted by molar-refractivity contribution is -0.126. The SMILES string of the molecule is CN1CC(CNc2ccc(C(=O)N3CCCC3)cn2)CC1=O. The lowest BCUT2D eigenvalue weighted by Gasteiger charge is -2.15. The highest BCUT2D eigenvalue weighted by molar-refractivity contribution is 5.94. The minimum absolute atomic E-state index is 0.0690. The van der Waals surface area contributed by atoms with Gasteiger partial charge in [0.1, 0.15) is 5.82 Å². The number of nitrogens with zero attached hydrogens (tertiary/aromatic N) is 3. The molecule has 2 saturated heterocycles. The number of hydrogen-bond acceptors (Lipinski definition) is 4. The monoisotopic (exact) mass is 302 g/mol. The molecule has 1 atom stereocenters. The van der Waals surface area contributed by atoms with Gasteiger partial charge >= 0.3 is 0 Å². The molecule has 2 aliphatic rings. The van der Waals surface area contributed by atoms with Crippen LogP contribution in [0.15, 0.2) is 18.3 Å². The normalized spacial score (nSPS) is 21.5. The molecule has 0 aliphatic carbocycles. The van der Waals surface area contributed by atoms with E-state index in [1.165, 1.54) is 0 Å². The van der Waals surface area contributed by atoms with Gasteiger partial charge in [-0.1, -0.05) is 0 Å². The summed E-state index contributed by atoms with van der Waals surface area (Å²) in [6.45, 7) is 3.21. The molecule has 1 unspecified atom stereocenters. The van der Waals surface area contributed by atoms with Crippen LogP contribution in [-0.4, -0.2) is 59.8 Å². The molecule has 6 nitrogen and oxygen atoms in total. The number of anilines is 1. The number of aromatic nitrogens is 1. The quantitative estimate of drug-likeness (QED) is 0.908. The van der Waals surface area contributed by atoms with E-state index in [9.17, 15) is 9.59 Å². The molecule has 0 radical (unpaired) electrons. The molecule has 0 aromatic carbocycles. The fraction of sp³-hybridized carbons (Fsp3) is 0.562. The van der Waals surface area contributed by atoms with E-state index in [1.54, 1.807) is 11.1 Å². The highest BCUT2D eigenvalue weighted by Crippen LogP contribution is 2.17. The van der Waals surface area contributed by atoms with Crippen LogP contribution in [0.3, 0.4) is 0 Å². The predicted octanol–water partition coefficient (Wildman–Crippen LogP) is 1.21. The Morgan fingerprint density at radius 3 is 2.73 bits per heavy atom. The Morgan fingerprint density at radius 2 is 2.14 bits per heavy atom. The maximum Gasteiger partial charge on any atom is 0.255 e. The summed E-state index contributed by atoms with van der Waals surface area (Å²) in [6, 6.07) is 3.66. The van der Waals surface area contributed by atoms with Crippen LogP contribution >= 0.6 is 0 Å². The number of amides is 2. The van der Waals surface area contributed by atoms with Crippen molar-refractivity contribution in [2.24, 2.45) is 5.92 Å². The molecule has 1 N–H and O–H groups in total. The first-order valence-electron chi connectivity index (χ1n) is 7.86. The summed E-state index contributed by atoms with van der Waals surface area (Å²) in [5.74, 6) is 1.34. The molecule has 0 spiro atoms. The van der Waals surface area contributed by atoms with E-state index < -0.39 is 0 Å². The van der Waals surface area contributed by atoms with Crippen LogP contribution in [0, 0.1) is 5.92 Å². The van der Waals surface area contributed by atoms with Gasteiger partial charge in [-0.2, -0.15) is 0 Å². The zero-order valence-corrected chi connectivity index (χ0v) is 12.9. The van der Waals surface area contributed by atoms with Gasteiger partial charge in [-0.05, 0) is 25.0 Å². The molecule has 2 amide bonds. The second-order valence-corrected chi connectivity index (χ2v) is 6.16. The van der Waals surface area contributed by atoms with Crippen molar-refractivity contribution in [3.8, 4) is 0 Å². The Balaban J connectivity index is 1.53. The molecule has 2 fully saturated rings. The number of likely N-dealkylation sites (tertiary alicyclic amines) is 2. The molecule has 0 bridgehead atoms. The van der Waals surface area contributed by atoms with Crippen molar-refractivity contribution in [2.45, 2.75) is 19.3 Å². The van der Waals surface area contributed by atoms with Gasteiger partial charge in [0.2, 0.25) is 5.91 Å². The number of nitrogens with one attached hydrogen (secondary N) is 1. The van der Waals surface area contributed by atoms with Gasteiger partial charge in [0.15, 0.2) is 0 Å². The Kier molecular flexibility index (Phi) is 4.27. The summed E-state index contributed by atoms with van der Waals surface area (Å²) in [6.07, 6.45) is 4.41. The summed E-state index contributed by atoms with van der Waals surface area (Å²) >= 11 is 0. The van der Waals surface area contributed by atoms with Crippen molar-refractivity contribution < 1.29 is 9.59 Å². The smallest absolute Gasteiger partial charge is 0.255 e. The van der Waals surface area contributed by atoms with Crippen molar-refractivity contribution in [1.82, 2.24) is 14.8 Å². The molecule has 0 saturated carbocycles. The molecule has 3 heterocycles. The van der Waals surface area contributed by atoms with Gasteiger partial charge < -0.3 is 15.1 Å². The molecule has 22 heavy (non-hydrogen) atoms. The van der Waals surface area contributed by atoms with Crippen molar-refractivity contribution in [2.75, 3.05) is 38.5 Å². The Labute approximate surface area is 130 Å². The van der Waals surface area contributed by atoms with Crippen molar-refractivity contribution >= 4 is 17.6 Å². The third-order valence-electron chi connectivity index (χ3n) is 4.40. The zero-order chi connectivity index (χ0) is 15.5. The van der Waals surface area contributed by atoms with Gasteiger partial charge in [-0.15, -0.1) is 0 Å². The van der Waals surface area contributed by atoms with E-state index in [0.717, 1.165) is 44.8 Å². The molecule has 1 aromatic heterocycles. The maximum atomic E-state index is 12.2. The highest BCUT2D eigenvalue weighted by Gasteiger charge is 2.26. The predicted molar refractivity (Wildman–Crippen MR) is 83.6 cm³/mol. The minimum atomic E-state index is 0.0690. The average molecular weight is 302 g/mol. The number of carbonyl (C=O) groups is 2. The molecule has 3 rings (SSSR count). The van der Waals surface area contributed by atoms with Crippen LogP contribution in [0.2, 0.25) is 0 Å². The summed E-state index contributed by atoms with van der Waals surface area (Å²) in [5.41, 5.74) is 0.642. The lowest BCUT2D eigenvalue weighted by Crippen LogP contribution is -2.27. The van der Waals surface area contributed by atoms with Crippen molar-refractivity contribution in [3.05, 3.63) is 23.9 Å². The lowest BCUT2D eigenvalue weighted by atomic mass is 10.1. The zero-order valence-electron chi connectivity index (χ0n) is 12.9. The van der Waals surface area contributed by atoms with E-state index in [2.05, 4.69) is 10.3 Å². The summed E-state index contributed by atoms with van der Waals surface area (Å²) in [7, 11) is 1.83. The topological polar surface area (TPSA) is 65.5 Å². The van der Waals surface area contributed by atoms with E-state index in [4.69, 9.17) is 0 Å². The van der Waals surface area contributed by atoms with E-state index in [-0.39, 0.29) is 11.8 Å². The molecule has 2 aliphatic heterocycles. The second kappa shape index (κ2) is 6.34. The summed E-state index contributed by atoms with van der Waals surface area (Å²) in [4.78, 5) is 31.7.